The van der Waals surface area contributed by atoms with Gasteiger partial charge >= 0.3 is 0 Å². The third kappa shape index (κ3) is 3.72. The quantitative estimate of drug-likeness (QED) is 0.382. The van der Waals surface area contributed by atoms with Crippen molar-refractivity contribution in [3.05, 3.63) is 63.4 Å². The second-order valence-corrected chi connectivity index (χ2v) is 5.41. The van der Waals surface area contributed by atoms with Crippen LogP contribution in [0.3, 0.4) is 0 Å². The zero-order chi connectivity index (χ0) is 15.4. The van der Waals surface area contributed by atoms with Crippen LogP contribution in [0.2, 0.25) is 0 Å². The van der Waals surface area contributed by atoms with E-state index in [2.05, 4.69) is 21.1 Å². The van der Waals surface area contributed by atoms with Gasteiger partial charge in [-0.15, -0.1) is 0 Å². The first-order valence-corrected chi connectivity index (χ1v) is 6.96. The Labute approximate surface area is 130 Å². The van der Waals surface area contributed by atoms with Gasteiger partial charge < -0.3 is 15.7 Å². The number of nitrogens with two attached hydrogens (primary N) is 1. The van der Waals surface area contributed by atoms with Crippen molar-refractivity contribution in [1.29, 1.82) is 0 Å². The van der Waals surface area contributed by atoms with Crippen LogP contribution >= 0.6 is 15.9 Å². The number of hydrogen-bond acceptors (Lipinski definition) is 3. The van der Waals surface area contributed by atoms with E-state index in [0.717, 1.165) is 10.0 Å². The lowest BCUT2D eigenvalue weighted by molar-refractivity contribution is 0.297. The summed E-state index contributed by atoms with van der Waals surface area (Å²) in [6.45, 7) is 2.02. The Morgan fingerprint density at radius 1 is 1.33 bits per heavy atom. The molecule has 0 heterocycles. The van der Waals surface area contributed by atoms with Gasteiger partial charge in [0, 0.05) is 15.6 Å². The average molecular weight is 353 g/mol. The van der Waals surface area contributed by atoms with Crippen molar-refractivity contribution in [2.45, 2.75) is 13.5 Å². The number of hydrogen-bond donors (Lipinski definition) is 2. The molecule has 0 amide bonds. The molecule has 0 radical (unpaired) electrons. The summed E-state index contributed by atoms with van der Waals surface area (Å²) in [4.78, 5) is 0. The van der Waals surface area contributed by atoms with Crippen molar-refractivity contribution in [2.24, 2.45) is 10.9 Å². The van der Waals surface area contributed by atoms with Crippen LogP contribution in [0.1, 0.15) is 16.7 Å². The molecule has 0 spiro atoms. The number of halogens is 2. The predicted octanol–water partition coefficient (Wildman–Crippen LogP) is 3.57. The van der Waals surface area contributed by atoms with Crippen molar-refractivity contribution in [3.63, 3.8) is 0 Å². The highest BCUT2D eigenvalue weighted by Crippen LogP contribution is 2.23. The van der Waals surface area contributed by atoms with Gasteiger partial charge in [-0.25, -0.2) is 4.39 Å². The Bertz CT molecular complexity index is 689. The zero-order valence-corrected chi connectivity index (χ0v) is 12.9. The maximum absolute atomic E-state index is 13.9. The minimum absolute atomic E-state index is 0.102. The number of nitrogens with zero attached hydrogens (tertiary/aromatic N) is 1. The Balaban J connectivity index is 2.13. The molecule has 0 atom stereocenters. The number of amidine groups is 1. The first-order chi connectivity index (χ1) is 10.0. The highest BCUT2D eigenvalue weighted by molar-refractivity contribution is 9.10. The lowest BCUT2D eigenvalue weighted by Crippen LogP contribution is -2.13. The molecular formula is C15H14BrFN2O2. The van der Waals surface area contributed by atoms with Crippen LogP contribution in [0, 0.1) is 12.7 Å². The summed E-state index contributed by atoms with van der Waals surface area (Å²) in [6, 6.07) is 9.94. The number of rotatable bonds is 4. The first kappa shape index (κ1) is 15.3. The smallest absolute Gasteiger partial charge is 0.170 e. The van der Waals surface area contributed by atoms with Gasteiger partial charge in [-0.05, 0) is 36.8 Å². The SMILES string of the molecule is Cc1cc(Br)ccc1OCc1ccc(C(N)=NO)cc1F. The molecule has 6 heteroatoms. The summed E-state index contributed by atoms with van der Waals surface area (Å²) < 4.78 is 20.5. The van der Waals surface area contributed by atoms with Crippen LogP contribution in [0.15, 0.2) is 46.0 Å². The molecule has 2 aromatic carbocycles. The van der Waals surface area contributed by atoms with Gasteiger partial charge in [0.15, 0.2) is 5.84 Å². The Hall–Kier alpha value is -2.08. The number of ether oxygens (including phenoxy) is 1. The Kier molecular flexibility index (Phi) is 4.80. The molecule has 0 fully saturated rings. The number of oxime groups is 1. The van der Waals surface area contributed by atoms with E-state index in [9.17, 15) is 4.39 Å². The van der Waals surface area contributed by atoms with Crippen molar-refractivity contribution < 1.29 is 14.3 Å². The second-order valence-electron chi connectivity index (χ2n) is 4.49. The van der Waals surface area contributed by atoms with Gasteiger partial charge in [0.2, 0.25) is 0 Å². The molecular weight excluding hydrogens is 339 g/mol. The van der Waals surface area contributed by atoms with E-state index >= 15 is 0 Å². The lowest BCUT2D eigenvalue weighted by Gasteiger charge is -2.10. The molecule has 21 heavy (non-hydrogen) atoms. The van der Waals surface area contributed by atoms with E-state index in [0.29, 0.717) is 16.9 Å². The third-order valence-electron chi connectivity index (χ3n) is 2.98. The fourth-order valence-electron chi connectivity index (χ4n) is 1.81. The normalized spacial score (nSPS) is 11.5. The van der Waals surface area contributed by atoms with Crippen LogP contribution in [0.25, 0.3) is 0 Å². The van der Waals surface area contributed by atoms with E-state index in [1.165, 1.54) is 6.07 Å². The van der Waals surface area contributed by atoms with Crippen LogP contribution in [-0.4, -0.2) is 11.0 Å². The molecule has 0 aromatic heterocycles. The van der Waals surface area contributed by atoms with Crippen LogP contribution in [0.5, 0.6) is 5.75 Å². The molecule has 0 aliphatic rings. The van der Waals surface area contributed by atoms with E-state index < -0.39 is 5.82 Å². The summed E-state index contributed by atoms with van der Waals surface area (Å²) in [7, 11) is 0. The number of aryl methyl sites for hydroxylation is 1. The van der Waals surface area contributed by atoms with Crippen molar-refractivity contribution in [2.75, 3.05) is 0 Å². The van der Waals surface area contributed by atoms with Gasteiger partial charge in [-0.2, -0.15) is 0 Å². The summed E-state index contributed by atoms with van der Waals surface area (Å²) in [5.74, 6) is 0.0945. The fraction of sp³-hybridized carbons (Fsp3) is 0.133. The molecule has 0 aliphatic heterocycles. The topological polar surface area (TPSA) is 67.8 Å². The van der Waals surface area contributed by atoms with Crippen molar-refractivity contribution in [3.8, 4) is 5.75 Å². The first-order valence-electron chi connectivity index (χ1n) is 6.16. The van der Waals surface area contributed by atoms with E-state index in [-0.39, 0.29) is 12.4 Å². The maximum atomic E-state index is 13.9. The summed E-state index contributed by atoms with van der Waals surface area (Å²) in [5, 5.41) is 11.4. The molecule has 0 bridgehead atoms. The maximum Gasteiger partial charge on any atom is 0.170 e. The second kappa shape index (κ2) is 6.58. The minimum atomic E-state index is -0.464. The van der Waals surface area contributed by atoms with Gasteiger partial charge in [0.25, 0.3) is 0 Å². The van der Waals surface area contributed by atoms with Crippen molar-refractivity contribution in [1.82, 2.24) is 0 Å². The van der Waals surface area contributed by atoms with Crippen LogP contribution < -0.4 is 10.5 Å². The molecule has 0 saturated carbocycles. The average Bonchev–Trinajstić information content (AvgIpc) is 2.46. The van der Waals surface area contributed by atoms with E-state index in [1.54, 1.807) is 12.1 Å². The van der Waals surface area contributed by atoms with Gasteiger partial charge in [-0.3, -0.25) is 0 Å². The molecule has 0 saturated heterocycles. The largest absolute Gasteiger partial charge is 0.489 e. The molecule has 0 unspecified atom stereocenters. The van der Waals surface area contributed by atoms with Gasteiger partial charge in [0.1, 0.15) is 18.2 Å². The highest BCUT2D eigenvalue weighted by Gasteiger charge is 2.08. The minimum Gasteiger partial charge on any atom is -0.489 e. The fourth-order valence-corrected chi connectivity index (χ4v) is 2.29. The van der Waals surface area contributed by atoms with E-state index in [1.807, 2.05) is 25.1 Å². The molecule has 3 N–H and O–H groups in total. The molecule has 2 aromatic rings. The van der Waals surface area contributed by atoms with Crippen molar-refractivity contribution >= 4 is 21.8 Å². The van der Waals surface area contributed by atoms with E-state index in [4.69, 9.17) is 15.7 Å². The summed E-state index contributed by atoms with van der Waals surface area (Å²) >= 11 is 3.37. The monoisotopic (exact) mass is 352 g/mol. The molecule has 2 rings (SSSR count). The highest BCUT2D eigenvalue weighted by atomic mass is 79.9. The third-order valence-corrected chi connectivity index (χ3v) is 3.47. The Morgan fingerprint density at radius 3 is 2.71 bits per heavy atom. The summed E-state index contributed by atoms with van der Waals surface area (Å²) in [6.07, 6.45) is 0. The molecule has 4 nitrogen and oxygen atoms in total. The standard InChI is InChI=1S/C15H14BrFN2O2/c1-9-6-12(16)4-5-14(9)21-8-11-3-2-10(7-13(11)17)15(18)19-20/h2-7,20H,8H2,1H3,(H2,18,19). The Morgan fingerprint density at radius 2 is 2.10 bits per heavy atom. The van der Waals surface area contributed by atoms with Gasteiger partial charge in [-0.1, -0.05) is 33.2 Å². The molecule has 110 valence electrons. The van der Waals surface area contributed by atoms with Crippen LogP contribution in [-0.2, 0) is 6.61 Å². The lowest BCUT2D eigenvalue weighted by atomic mass is 10.1. The zero-order valence-electron chi connectivity index (χ0n) is 11.3. The molecule has 0 aliphatic carbocycles. The number of benzene rings is 2. The summed E-state index contributed by atoms with van der Waals surface area (Å²) in [5.41, 5.74) is 7.08. The van der Waals surface area contributed by atoms with Gasteiger partial charge in [0.05, 0.1) is 0 Å². The predicted molar refractivity (Wildman–Crippen MR) is 82.1 cm³/mol. The van der Waals surface area contributed by atoms with Crippen LogP contribution in [0.4, 0.5) is 4.39 Å².